The predicted octanol–water partition coefficient (Wildman–Crippen LogP) is 6.33. The SMILES string of the molecule is CCCCCCCCCC(=O)N(CCO)CCOC(c1ccccc1)(c1ccc(OC)cc1)c1ccc(OC)cc1.[LiH]. The van der Waals surface area contributed by atoms with Crippen LogP contribution in [-0.4, -0.2) is 75.3 Å². The first-order valence-corrected chi connectivity index (χ1v) is 15.0. The Hall–Kier alpha value is -2.75. The summed E-state index contributed by atoms with van der Waals surface area (Å²) in [5, 5.41) is 9.71. The van der Waals surface area contributed by atoms with Gasteiger partial charge >= 0.3 is 18.9 Å². The second-order valence-corrected chi connectivity index (χ2v) is 10.3. The van der Waals surface area contributed by atoms with Crippen molar-refractivity contribution in [2.75, 3.05) is 40.5 Å². The summed E-state index contributed by atoms with van der Waals surface area (Å²) in [4.78, 5) is 14.8. The number of benzene rings is 3. The van der Waals surface area contributed by atoms with Crippen molar-refractivity contribution in [2.24, 2.45) is 0 Å². The minimum atomic E-state index is -0.938. The van der Waals surface area contributed by atoms with Crippen LogP contribution in [0.3, 0.4) is 0 Å². The maximum absolute atomic E-state index is 13.1. The van der Waals surface area contributed by atoms with E-state index in [-0.39, 0.29) is 38.0 Å². The Balaban J connectivity index is 0.00000616. The fourth-order valence-corrected chi connectivity index (χ4v) is 5.26. The molecule has 1 amide bonds. The van der Waals surface area contributed by atoms with Gasteiger partial charge in [0.1, 0.15) is 17.1 Å². The standard InChI is InChI=1S/C35H47NO5.Li.H/c1-4-5-6-7-8-9-13-16-34(38)36(25-27-37)26-28-41-35(29-14-11-10-12-15-29,30-17-21-32(39-2)22-18-30)31-19-23-33(40-3)24-20-31;;/h10-12,14-15,17-24,37H,4-9,13,16,25-28H2,1-3H3;;. The van der Waals surface area contributed by atoms with Crippen molar-refractivity contribution >= 4 is 24.8 Å². The van der Waals surface area contributed by atoms with Crippen LogP contribution in [0.4, 0.5) is 0 Å². The Bertz CT molecular complexity index is 1090. The first kappa shape index (κ1) is 35.4. The number of hydrogen-bond donors (Lipinski definition) is 1. The summed E-state index contributed by atoms with van der Waals surface area (Å²) >= 11 is 0. The zero-order valence-electron chi connectivity index (χ0n) is 25.0. The third-order valence-electron chi connectivity index (χ3n) is 7.57. The minimum absolute atomic E-state index is 0. The molecule has 0 saturated heterocycles. The van der Waals surface area contributed by atoms with Crippen LogP contribution in [0, 0.1) is 0 Å². The molecule has 3 aromatic carbocycles. The summed E-state index contributed by atoms with van der Waals surface area (Å²) in [6.07, 6.45) is 8.61. The first-order chi connectivity index (χ1) is 20.1. The number of unbranched alkanes of at least 4 members (excludes halogenated alkanes) is 6. The summed E-state index contributed by atoms with van der Waals surface area (Å²) in [5.74, 6) is 1.58. The van der Waals surface area contributed by atoms with Gasteiger partial charge in [-0.05, 0) is 47.4 Å². The third kappa shape index (κ3) is 9.92. The summed E-state index contributed by atoms with van der Waals surface area (Å²) in [6.45, 7) is 3.11. The van der Waals surface area contributed by atoms with Crippen LogP contribution in [0.2, 0.25) is 0 Å². The molecule has 0 heterocycles. The van der Waals surface area contributed by atoms with E-state index in [1.54, 1.807) is 19.1 Å². The number of ether oxygens (including phenoxy) is 3. The van der Waals surface area contributed by atoms with Crippen LogP contribution in [0.15, 0.2) is 78.9 Å². The van der Waals surface area contributed by atoms with E-state index >= 15 is 0 Å². The maximum atomic E-state index is 13.1. The van der Waals surface area contributed by atoms with Crippen molar-refractivity contribution in [3.8, 4) is 11.5 Å². The van der Waals surface area contributed by atoms with Gasteiger partial charge in [0.05, 0.1) is 27.4 Å². The third-order valence-corrected chi connectivity index (χ3v) is 7.57. The second kappa shape index (κ2) is 19.4. The molecule has 6 nitrogen and oxygen atoms in total. The number of rotatable bonds is 19. The molecule has 7 heteroatoms. The molecule has 0 fully saturated rings. The molecule has 0 radical (unpaired) electrons. The molecule has 0 saturated carbocycles. The number of carbonyl (C=O) groups is 1. The van der Waals surface area contributed by atoms with Gasteiger partial charge in [0.25, 0.3) is 0 Å². The number of aliphatic hydroxyl groups is 1. The number of methoxy groups -OCH3 is 2. The van der Waals surface area contributed by atoms with Gasteiger partial charge in [0.15, 0.2) is 0 Å². The molecule has 224 valence electrons. The Morgan fingerprint density at radius 1 is 0.714 bits per heavy atom. The zero-order chi connectivity index (χ0) is 29.3. The van der Waals surface area contributed by atoms with E-state index in [4.69, 9.17) is 14.2 Å². The normalized spacial score (nSPS) is 11.0. The van der Waals surface area contributed by atoms with E-state index in [1.165, 1.54) is 32.1 Å². The number of carbonyl (C=O) groups excluding carboxylic acids is 1. The Morgan fingerprint density at radius 2 is 1.21 bits per heavy atom. The van der Waals surface area contributed by atoms with Crippen LogP contribution in [0.25, 0.3) is 0 Å². The van der Waals surface area contributed by atoms with Gasteiger partial charge in [-0.25, -0.2) is 0 Å². The van der Waals surface area contributed by atoms with Crippen LogP contribution in [0.5, 0.6) is 11.5 Å². The summed E-state index contributed by atoms with van der Waals surface area (Å²) in [7, 11) is 3.30. The second-order valence-electron chi connectivity index (χ2n) is 10.3. The molecule has 0 aliphatic carbocycles. The molecule has 0 aliphatic rings. The van der Waals surface area contributed by atoms with Crippen LogP contribution in [-0.2, 0) is 15.1 Å². The Labute approximate surface area is 264 Å². The molecule has 0 unspecified atom stereocenters. The average Bonchev–Trinajstić information content (AvgIpc) is 3.03. The topological polar surface area (TPSA) is 68.2 Å². The number of amides is 1. The van der Waals surface area contributed by atoms with Crippen LogP contribution < -0.4 is 9.47 Å². The molecule has 3 rings (SSSR count). The molecule has 0 spiro atoms. The van der Waals surface area contributed by atoms with Gasteiger partial charge < -0.3 is 24.2 Å². The summed E-state index contributed by atoms with van der Waals surface area (Å²) in [6, 6.07) is 25.9. The number of hydrogen-bond acceptors (Lipinski definition) is 5. The van der Waals surface area contributed by atoms with E-state index in [0.717, 1.165) is 41.0 Å². The summed E-state index contributed by atoms with van der Waals surface area (Å²) < 4.78 is 17.7. The van der Waals surface area contributed by atoms with Crippen LogP contribution in [0.1, 0.15) is 75.0 Å². The molecule has 42 heavy (non-hydrogen) atoms. The molecule has 1 N–H and O–H groups in total. The van der Waals surface area contributed by atoms with Crippen molar-refractivity contribution < 1.29 is 24.1 Å². The van der Waals surface area contributed by atoms with Crippen molar-refractivity contribution in [1.82, 2.24) is 4.90 Å². The number of nitrogens with zero attached hydrogens (tertiary/aromatic N) is 1. The Kier molecular flexibility index (Phi) is 16.4. The first-order valence-electron chi connectivity index (χ1n) is 15.0. The molecule has 0 atom stereocenters. The predicted molar refractivity (Wildman–Crippen MR) is 172 cm³/mol. The molecule has 0 aliphatic heterocycles. The van der Waals surface area contributed by atoms with E-state index in [1.807, 2.05) is 66.7 Å². The van der Waals surface area contributed by atoms with Crippen molar-refractivity contribution in [3.05, 3.63) is 95.6 Å². The van der Waals surface area contributed by atoms with Crippen molar-refractivity contribution in [3.63, 3.8) is 0 Å². The molecule has 0 aromatic heterocycles. The Morgan fingerprint density at radius 3 is 1.71 bits per heavy atom. The number of aliphatic hydroxyl groups excluding tert-OH is 1. The zero-order valence-corrected chi connectivity index (χ0v) is 25.0. The van der Waals surface area contributed by atoms with Gasteiger partial charge in [-0.1, -0.05) is 100 Å². The fourth-order valence-electron chi connectivity index (χ4n) is 5.26. The van der Waals surface area contributed by atoms with Gasteiger partial charge in [0.2, 0.25) is 5.91 Å². The van der Waals surface area contributed by atoms with E-state index in [2.05, 4.69) is 19.1 Å². The van der Waals surface area contributed by atoms with E-state index in [9.17, 15) is 9.90 Å². The van der Waals surface area contributed by atoms with Crippen molar-refractivity contribution in [2.45, 2.75) is 63.9 Å². The van der Waals surface area contributed by atoms with Gasteiger partial charge in [0, 0.05) is 19.5 Å². The molecular weight excluding hydrogens is 521 g/mol. The van der Waals surface area contributed by atoms with Gasteiger partial charge in [-0.2, -0.15) is 0 Å². The van der Waals surface area contributed by atoms with Crippen molar-refractivity contribution in [1.29, 1.82) is 0 Å². The molecule has 3 aromatic rings. The van der Waals surface area contributed by atoms with Gasteiger partial charge in [-0.15, -0.1) is 0 Å². The molecule has 0 bridgehead atoms. The fraction of sp³-hybridized carbons (Fsp3) is 0.457. The molecular formula is C35H48LiNO5. The van der Waals surface area contributed by atoms with E-state index in [0.29, 0.717) is 19.5 Å². The summed E-state index contributed by atoms with van der Waals surface area (Å²) in [5.41, 5.74) is 1.92. The average molecular weight is 570 g/mol. The quantitative estimate of drug-likeness (QED) is 0.104. The van der Waals surface area contributed by atoms with Crippen LogP contribution >= 0.6 is 0 Å². The monoisotopic (exact) mass is 569 g/mol. The van der Waals surface area contributed by atoms with E-state index < -0.39 is 5.60 Å². The van der Waals surface area contributed by atoms with Gasteiger partial charge in [-0.3, -0.25) is 4.79 Å².